The summed E-state index contributed by atoms with van der Waals surface area (Å²) in [5, 5.41) is 6.19. The number of hydrogen-bond donors (Lipinski definition) is 2. The summed E-state index contributed by atoms with van der Waals surface area (Å²) in [5.74, 6) is -0.204. The molecule has 0 atom stereocenters. The number of hydrogen-bond acceptors (Lipinski definition) is 5. The van der Waals surface area contributed by atoms with Gasteiger partial charge < -0.3 is 20.1 Å². The van der Waals surface area contributed by atoms with Crippen molar-refractivity contribution in [3.63, 3.8) is 0 Å². The molecule has 0 spiro atoms. The quantitative estimate of drug-likeness (QED) is 0.801. The lowest BCUT2D eigenvalue weighted by Crippen LogP contribution is -2.30. The van der Waals surface area contributed by atoms with Crippen molar-refractivity contribution in [1.82, 2.24) is 10.6 Å². The maximum atomic E-state index is 11.0. The first-order valence-corrected chi connectivity index (χ1v) is 7.42. The van der Waals surface area contributed by atoms with Crippen molar-refractivity contribution in [1.29, 1.82) is 0 Å². The molecule has 1 aromatic carbocycles. The lowest BCUT2D eigenvalue weighted by atomic mass is 10.1. The minimum atomic E-state index is -0.204. The molecule has 5 heteroatoms. The molecule has 0 unspecified atom stereocenters. The van der Waals surface area contributed by atoms with Gasteiger partial charge in [-0.15, -0.1) is 0 Å². The van der Waals surface area contributed by atoms with Crippen LogP contribution in [-0.4, -0.2) is 45.4 Å². The number of esters is 1. The maximum Gasteiger partial charge on any atom is 0.319 e. The fourth-order valence-corrected chi connectivity index (χ4v) is 1.74. The van der Waals surface area contributed by atoms with E-state index in [2.05, 4.69) is 29.7 Å². The number of aryl methyl sites for hydroxylation is 1. The number of morpholine rings is 1. The van der Waals surface area contributed by atoms with Gasteiger partial charge in [0, 0.05) is 19.6 Å². The molecular weight excluding hydrogens is 268 g/mol. The molecule has 2 rings (SSSR count). The van der Waals surface area contributed by atoms with Gasteiger partial charge in [0.1, 0.15) is 0 Å². The zero-order valence-corrected chi connectivity index (χ0v) is 13.0. The summed E-state index contributed by atoms with van der Waals surface area (Å²) in [4.78, 5) is 11.0. The smallest absolute Gasteiger partial charge is 0.319 e. The summed E-state index contributed by atoms with van der Waals surface area (Å²) in [7, 11) is 0. The largest absolute Gasteiger partial charge is 0.465 e. The molecule has 1 aromatic rings. The summed E-state index contributed by atoms with van der Waals surface area (Å²) in [6.45, 7) is 9.08. The number of benzene rings is 1. The average molecular weight is 294 g/mol. The highest BCUT2D eigenvalue weighted by molar-refractivity contribution is 5.71. The SMILES string of the molecule is C1COCCN1.CCOC(=O)CNCc1ccc(C)cc1. The van der Waals surface area contributed by atoms with Gasteiger partial charge in [-0.3, -0.25) is 4.79 Å². The van der Waals surface area contributed by atoms with E-state index < -0.39 is 0 Å². The van der Waals surface area contributed by atoms with Gasteiger partial charge in [0.2, 0.25) is 0 Å². The lowest BCUT2D eigenvalue weighted by molar-refractivity contribution is -0.142. The Labute approximate surface area is 127 Å². The second-order valence-electron chi connectivity index (χ2n) is 4.76. The molecular formula is C16H26N2O3. The second kappa shape index (κ2) is 11.3. The van der Waals surface area contributed by atoms with Gasteiger partial charge >= 0.3 is 5.97 Å². The van der Waals surface area contributed by atoms with E-state index in [0.29, 0.717) is 13.2 Å². The third-order valence-electron chi connectivity index (χ3n) is 2.87. The molecule has 0 saturated carbocycles. The van der Waals surface area contributed by atoms with Crippen LogP contribution >= 0.6 is 0 Å². The van der Waals surface area contributed by atoms with Crippen LogP contribution in [0.15, 0.2) is 24.3 Å². The number of carbonyl (C=O) groups is 1. The summed E-state index contributed by atoms with van der Waals surface area (Å²) >= 11 is 0. The molecule has 2 N–H and O–H groups in total. The van der Waals surface area contributed by atoms with Gasteiger partial charge in [0.05, 0.1) is 26.4 Å². The Hall–Kier alpha value is -1.43. The molecule has 1 aliphatic rings. The minimum absolute atomic E-state index is 0.204. The van der Waals surface area contributed by atoms with Gasteiger partial charge in [0.15, 0.2) is 0 Å². The lowest BCUT2D eigenvalue weighted by Gasteiger charge is -2.10. The minimum Gasteiger partial charge on any atom is -0.465 e. The fourth-order valence-electron chi connectivity index (χ4n) is 1.74. The molecule has 0 aliphatic carbocycles. The van der Waals surface area contributed by atoms with Crippen LogP contribution in [0.5, 0.6) is 0 Å². The van der Waals surface area contributed by atoms with Crippen molar-refractivity contribution in [2.75, 3.05) is 39.5 Å². The summed E-state index contributed by atoms with van der Waals surface area (Å²) in [6, 6.07) is 8.21. The average Bonchev–Trinajstić information content (AvgIpc) is 2.52. The Morgan fingerprint density at radius 3 is 2.43 bits per heavy atom. The molecule has 1 heterocycles. The topological polar surface area (TPSA) is 59.6 Å². The van der Waals surface area contributed by atoms with E-state index in [1.165, 1.54) is 11.1 Å². The number of carbonyl (C=O) groups excluding carboxylic acids is 1. The Kier molecular flexibility index (Phi) is 9.44. The Bertz CT molecular complexity index is 378. The van der Waals surface area contributed by atoms with Crippen LogP contribution < -0.4 is 10.6 Å². The molecule has 5 nitrogen and oxygen atoms in total. The highest BCUT2D eigenvalue weighted by atomic mass is 16.5. The highest BCUT2D eigenvalue weighted by Gasteiger charge is 2.00. The van der Waals surface area contributed by atoms with E-state index in [-0.39, 0.29) is 12.5 Å². The molecule has 0 aromatic heterocycles. The molecule has 1 saturated heterocycles. The standard InChI is InChI=1S/C12H17NO2.C4H9NO/c1-3-15-12(14)9-13-8-11-6-4-10(2)5-7-11;1-3-6-4-2-5-1/h4-7,13H,3,8-9H2,1-2H3;5H,1-4H2. The molecule has 21 heavy (non-hydrogen) atoms. The van der Waals surface area contributed by atoms with Gasteiger partial charge in [-0.25, -0.2) is 0 Å². The van der Waals surface area contributed by atoms with E-state index in [1.54, 1.807) is 6.92 Å². The van der Waals surface area contributed by atoms with Crippen LogP contribution in [0.2, 0.25) is 0 Å². The van der Waals surface area contributed by atoms with E-state index in [9.17, 15) is 4.79 Å². The molecule has 0 bridgehead atoms. The first kappa shape index (κ1) is 17.6. The van der Waals surface area contributed by atoms with Gasteiger partial charge in [0.25, 0.3) is 0 Å². The summed E-state index contributed by atoms with van der Waals surface area (Å²) < 4.78 is 9.80. The van der Waals surface area contributed by atoms with Crippen LogP contribution in [0.1, 0.15) is 18.1 Å². The van der Waals surface area contributed by atoms with Crippen molar-refractivity contribution < 1.29 is 14.3 Å². The van der Waals surface area contributed by atoms with Crippen molar-refractivity contribution in [3.8, 4) is 0 Å². The molecule has 0 amide bonds. The predicted octanol–water partition coefficient (Wildman–Crippen LogP) is 1.25. The fraction of sp³-hybridized carbons (Fsp3) is 0.562. The van der Waals surface area contributed by atoms with E-state index in [1.807, 2.05) is 12.1 Å². The second-order valence-corrected chi connectivity index (χ2v) is 4.76. The van der Waals surface area contributed by atoms with Gasteiger partial charge in [-0.1, -0.05) is 29.8 Å². The Morgan fingerprint density at radius 1 is 1.29 bits per heavy atom. The molecule has 0 radical (unpaired) electrons. The van der Waals surface area contributed by atoms with Crippen molar-refractivity contribution >= 4 is 5.97 Å². The zero-order chi connectivity index (χ0) is 15.3. The Morgan fingerprint density at radius 2 is 1.95 bits per heavy atom. The third kappa shape index (κ3) is 9.18. The Balaban J connectivity index is 0.000000304. The van der Waals surface area contributed by atoms with E-state index in [0.717, 1.165) is 26.3 Å². The van der Waals surface area contributed by atoms with Crippen molar-refractivity contribution in [3.05, 3.63) is 35.4 Å². The van der Waals surface area contributed by atoms with Gasteiger partial charge in [-0.05, 0) is 19.4 Å². The van der Waals surface area contributed by atoms with Crippen molar-refractivity contribution in [2.45, 2.75) is 20.4 Å². The third-order valence-corrected chi connectivity index (χ3v) is 2.87. The van der Waals surface area contributed by atoms with E-state index in [4.69, 9.17) is 9.47 Å². The number of rotatable bonds is 5. The van der Waals surface area contributed by atoms with Crippen LogP contribution in [-0.2, 0) is 20.8 Å². The van der Waals surface area contributed by atoms with Crippen LogP contribution in [0.25, 0.3) is 0 Å². The van der Waals surface area contributed by atoms with Crippen LogP contribution in [0.4, 0.5) is 0 Å². The molecule has 1 fully saturated rings. The number of nitrogens with one attached hydrogen (secondary N) is 2. The summed E-state index contributed by atoms with van der Waals surface area (Å²) in [6.07, 6.45) is 0. The molecule has 118 valence electrons. The van der Waals surface area contributed by atoms with Gasteiger partial charge in [-0.2, -0.15) is 0 Å². The van der Waals surface area contributed by atoms with Crippen LogP contribution in [0, 0.1) is 6.92 Å². The van der Waals surface area contributed by atoms with Crippen molar-refractivity contribution in [2.24, 2.45) is 0 Å². The summed E-state index contributed by atoms with van der Waals surface area (Å²) in [5.41, 5.74) is 2.41. The first-order chi connectivity index (χ1) is 10.2. The zero-order valence-electron chi connectivity index (χ0n) is 13.0. The van der Waals surface area contributed by atoms with Crippen LogP contribution in [0.3, 0.4) is 0 Å². The highest BCUT2D eigenvalue weighted by Crippen LogP contribution is 2.02. The predicted molar refractivity (Wildman–Crippen MR) is 83.2 cm³/mol. The first-order valence-electron chi connectivity index (χ1n) is 7.42. The normalized spacial score (nSPS) is 14.0. The van der Waals surface area contributed by atoms with E-state index >= 15 is 0 Å². The monoisotopic (exact) mass is 294 g/mol. The molecule has 1 aliphatic heterocycles. The maximum absolute atomic E-state index is 11.0. The number of ether oxygens (including phenoxy) is 2.